The lowest BCUT2D eigenvalue weighted by Crippen LogP contribution is -2.43. The first-order valence-corrected chi connectivity index (χ1v) is 21.9. The molecule has 12 rings (SSSR count). The van der Waals surface area contributed by atoms with Crippen molar-refractivity contribution in [2.45, 2.75) is 95.3 Å². The van der Waals surface area contributed by atoms with Gasteiger partial charge in [-0.2, -0.15) is 0 Å². The maximum absolute atomic E-state index is 2.54. The smallest absolute Gasteiger partial charge is 0.0465 e. The number of anilines is 3. The average molecular weight is 730 g/mol. The van der Waals surface area contributed by atoms with E-state index in [0.717, 1.165) is 29.6 Å². The molecule has 0 N–H and O–H groups in total. The quantitative estimate of drug-likeness (QED) is 0.158. The number of rotatable bonds is 7. The van der Waals surface area contributed by atoms with Crippen LogP contribution in [-0.2, 0) is 5.41 Å². The first kappa shape index (κ1) is 34.4. The van der Waals surface area contributed by atoms with Crippen molar-refractivity contribution >= 4 is 17.1 Å². The van der Waals surface area contributed by atoms with Gasteiger partial charge in [-0.25, -0.2) is 0 Å². The Bertz CT molecular complexity index is 2350. The SMILES string of the molecule is CC1(C)c2cc(N(c3ccc(C4CCCCC4)cc3)c3ccc(C4C5CC6CC(C5)CC4C6)cc3)ccc2-c2c(-c3ccccc3-c3ccccc3)cccc21. The number of hydrogen-bond acceptors (Lipinski definition) is 1. The minimum atomic E-state index is -0.141. The lowest BCUT2D eigenvalue weighted by molar-refractivity contribution is -0.00277. The Morgan fingerprint density at radius 3 is 1.73 bits per heavy atom. The summed E-state index contributed by atoms with van der Waals surface area (Å²) in [6.45, 7) is 4.86. The van der Waals surface area contributed by atoms with Crippen LogP contribution in [0.3, 0.4) is 0 Å². The lowest BCUT2D eigenvalue weighted by atomic mass is 9.51. The Hall–Kier alpha value is -4.88. The minimum absolute atomic E-state index is 0.141. The van der Waals surface area contributed by atoms with Gasteiger partial charge in [-0.05, 0) is 172 Å². The zero-order valence-corrected chi connectivity index (χ0v) is 33.3. The predicted molar refractivity (Wildman–Crippen MR) is 235 cm³/mol. The molecule has 1 heteroatoms. The number of nitrogens with zero attached hydrogens (tertiary/aromatic N) is 1. The Morgan fingerprint density at radius 2 is 1.05 bits per heavy atom. The summed E-state index contributed by atoms with van der Waals surface area (Å²) in [6.07, 6.45) is 14.1. The largest absolute Gasteiger partial charge is 0.310 e. The van der Waals surface area contributed by atoms with Crippen molar-refractivity contribution in [3.63, 3.8) is 0 Å². The zero-order valence-electron chi connectivity index (χ0n) is 33.3. The van der Waals surface area contributed by atoms with E-state index in [1.54, 1.807) is 5.56 Å². The van der Waals surface area contributed by atoms with Gasteiger partial charge in [-0.15, -0.1) is 0 Å². The summed E-state index contributed by atoms with van der Waals surface area (Å²) >= 11 is 0. The molecular weight excluding hydrogens is 675 g/mol. The van der Waals surface area contributed by atoms with E-state index in [-0.39, 0.29) is 5.41 Å². The molecule has 1 nitrogen and oxygen atoms in total. The number of fused-ring (bicyclic) bond motifs is 3. The van der Waals surface area contributed by atoms with Crippen molar-refractivity contribution in [2.24, 2.45) is 23.7 Å². The highest BCUT2D eigenvalue weighted by Crippen LogP contribution is 2.60. The van der Waals surface area contributed by atoms with Gasteiger partial charge in [0.25, 0.3) is 0 Å². The van der Waals surface area contributed by atoms with Gasteiger partial charge in [0.05, 0.1) is 0 Å². The highest BCUT2D eigenvalue weighted by molar-refractivity contribution is 5.97. The summed E-state index contributed by atoms with van der Waals surface area (Å²) < 4.78 is 0. The van der Waals surface area contributed by atoms with Crippen molar-refractivity contribution in [3.05, 3.63) is 162 Å². The first-order chi connectivity index (χ1) is 27.5. The van der Waals surface area contributed by atoms with Gasteiger partial charge < -0.3 is 4.90 Å². The molecule has 280 valence electrons. The van der Waals surface area contributed by atoms with E-state index in [9.17, 15) is 0 Å². The molecule has 0 saturated heterocycles. The van der Waals surface area contributed by atoms with Gasteiger partial charge in [-0.3, -0.25) is 0 Å². The van der Waals surface area contributed by atoms with Crippen molar-refractivity contribution < 1.29 is 0 Å². The highest BCUT2D eigenvalue weighted by atomic mass is 15.1. The third kappa shape index (κ3) is 5.71. The molecule has 5 fully saturated rings. The number of benzene rings is 6. The van der Waals surface area contributed by atoms with Crippen molar-refractivity contribution in [1.29, 1.82) is 0 Å². The van der Waals surface area contributed by atoms with Crippen LogP contribution in [0, 0.1) is 23.7 Å². The summed E-state index contributed by atoms with van der Waals surface area (Å²) in [5.74, 6) is 5.25. The topological polar surface area (TPSA) is 3.24 Å². The van der Waals surface area contributed by atoms with Gasteiger partial charge in [-0.1, -0.05) is 136 Å². The number of hydrogen-bond donors (Lipinski definition) is 0. The molecule has 0 radical (unpaired) electrons. The van der Waals surface area contributed by atoms with Crippen LogP contribution in [0.1, 0.15) is 112 Å². The van der Waals surface area contributed by atoms with E-state index in [0.29, 0.717) is 5.92 Å². The maximum Gasteiger partial charge on any atom is 0.0465 e. The molecule has 0 amide bonds. The second kappa shape index (κ2) is 13.7. The second-order valence-electron chi connectivity index (χ2n) is 18.8. The molecule has 6 aromatic rings. The Balaban J connectivity index is 1.00. The van der Waals surface area contributed by atoms with Crippen LogP contribution in [0.15, 0.2) is 140 Å². The molecular formula is C55H55N. The van der Waals surface area contributed by atoms with Gasteiger partial charge in [0, 0.05) is 22.5 Å². The van der Waals surface area contributed by atoms with Crippen LogP contribution in [0.4, 0.5) is 17.1 Å². The fourth-order valence-electron chi connectivity index (χ4n) is 12.8. The molecule has 0 unspecified atom stereocenters. The van der Waals surface area contributed by atoms with Crippen LogP contribution >= 0.6 is 0 Å². The average Bonchev–Trinajstić information content (AvgIpc) is 3.47. The monoisotopic (exact) mass is 729 g/mol. The predicted octanol–water partition coefficient (Wildman–Crippen LogP) is 15.4. The molecule has 0 aromatic heterocycles. The molecule has 56 heavy (non-hydrogen) atoms. The molecule has 6 aliphatic carbocycles. The van der Waals surface area contributed by atoms with E-state index in [4.69, 9.17) is 0 Å². The molecule has 6 aliphatic rings. The standard InChI is InChI=1S/C55H55N/c1-55(2)51-19-11-18-49(48-17-10-9-16-47(48)40-14-7-4-8-15-40)54(51)50-29-28-46(35-52(50)55)56(44-24-20-39(21-25-44)38-12-5-3-6-13-38)45-26-22-41(23-27-45)53-42-31-36-30-37(33-42)34-43(53)32-36/h4,7-11,14-29,35-38,42-43,53H,3,5-6,12-13,30-34H2,1-2H3. The molecule has 0 spiro atoms. The van der Waals surface area contributed by atoms with Crippen molar-refractivity contribution in [2.75, 3.05) is 4.90 Å². The lowest BCUT2D eigenvalue weighted by Gasteiger charge is -2.54. The van der Waals surface area contributed by atoms with Crippen LogP contribution < -0.4 is 4.90 Å². The molecule has 4 bridgehead atoms. The van der Waals surface area contributed by atoms with Gasteiger partial charge >= 0.3 is 0 Å². The van der Waals surface area contributed by atoms with Crippen LogP contribution in [0.2, 0.25) is 0 Å². The fourth-order valence-corrected chi connectivity index (χ4v) is 12.8. The Morgan fingerprint density at radius 1 is 0.464 bits per heavy atom. The summed E-state index contributed by atoms with van der Waals surface area (Å²) in [6, 6.07) is 53.7. The molecule has 6 aromatic carbocycles. The minimum Gasteiger partial charge on any atom is -0.310 e. The summed E-state index contributed by atoms with van der Waals surface area (Å²) in [4.78, 5) is 2.54. The second-order valence-corrected chi connectivity index (χ2v) is 18.8. The van der Waals surface area contributed by atoms with Crippen molar-refractivity contribution in [1.82, 2.24) is 0 Å². The van der Waals surface area contributed by atoms with Crippen LogP contribution in [0.5, 0.6) is 0 Å². The van der Waals surface area contributed by atoms with E-state index in [1.165, 1.54) is 131 Å². The maximum atomic E-state index is 2.54. The molecule has 5 saturated carbocycles. The summed E-state index contributed by atoms with van der Waals surface area (Å²) in [5.41, 5.74) is 17.4. The van der Waals surface area contributed by atoms with E-state index >= 15 is 0 Å². The van der Waals surface area contributed by atoms with E-state index < -0.39 is 0 Å². The van der Waals surface area contributed by atoms with Gasteiger partial charge in [0.2, 0.25) is 0 Å². The van der Waals surface area contributed by atoms with E-state index in [1.807, 2.05) is 0 Å². The van der Waals surface area contributed by atoms with Gasteiger partial charge in [0.15, 0.2) is 0 Å². The van der Waals surface area contributed by atoms with Gasteiger partial charge in [0.1, 0.15) is 0 Å². The van der Waals surface area contributed by atoms with Crippen molar-refractivity contribution in [3.8, 4) is 33.4 Å². The van der Waals surface area contributed by atoms with Crippen LogP contribution in [-0.4, -0.2) is 0 Å². The Kier molecular flexibility index (Phi) is 8.38. The molecule has 0 aliphatic heterocycles. The first-order valence-electron chi connectivity index (χ1n) is 21.9. The van der Waals surface area contributed by atoms with Crippen LogP contribution in [0.25, 0.3) is 33.4 Å². The fraction of sp³-hybridized carbons (Fsp3) is 0.345. The summed E-state index contributed by atoms with van der Waals surface area (Å²) in [5, 5.41) is 0. The zero-order chi connectivity index (χ0) is 37.4. The third-order valence-electron chi connectivity index (χ3n) is 15.2. The molecule has 0 heterocycles. The Labute approximate surface area is 334 Å². The highest BCUT2D eigenvalue weighted by Gasteiger charge is 2.48. The molecule has 0 atom stereocenters. The normalized spacial score (nSPS) is 24.5. The summed E-state index contributed by atoms with van der Waals surface area (Å²) in [7, 11) is 0. The van der Waals surface area contributed by atoms with E-state index in [2.05, 4.69) is 158 Å². The third-order valence-corrected chi connectivity index (χ3v) is 15.2.